The zero-order valence-corrected chi connectivity index (χ0v) is 9.69. The number of para-hydroxylation sites is 2. The molecule has 90 valence electrons. The number of aryl methyl sites for hydroxylation is 1. The van der Waals surface area contributed by atoms with Gasteiger partial charge in [-0.15, -0.1) is 0 Å². The fourth-order valence-electron chi connectivity index (χ4n) is 2.08. The first-order chi connectivity index (χ1) is 8.68. The van der Waals surface area contributed by atoms with E-state index in [0.29, 0.717) is 5.82 Å². The maximum Gasteiger partial charge on any atom is 0.146 e. The quantitative estimate of drug-likeness (QED) is 0.640. The zero-order valence-electron chi connectivity index (χ0n) is 9.69. The Kier molecular flexibility index (Phi) is 2.37. The molecule has 4 heteroatoms. The molecule has 2 nitrogen and oxygen atoms in total. The second-order valence-electron chi connectivity index (χ2n) is 4.08. The van der Waals surface area contributed by atoms with Crippen molar-refractivity contribution in [1.29, 1.82) is 0 Å². The number of benzene rings is 2. The summed E-state index contributed by atoms with van der Waals surface area (Å²) in [5, 5.41) is 0. The Morgan fingerprint density at radius 3 is 2.28 bits per heavy atom. The van der Waals surface area contributed by atoms with Crippen LogP contribution in [-0.2, 0) is 7.05 Å². The van der Waals surface area contributed by atoms with Gasteiger partial charge in [0.25, 0.3) is 0 Å². The van der Waals surface area contributed by atoms with Gasteiger partial charge in [-0.1, -0.05) is 18.2 Å². The number of rotatable bonds is 1. The molecular weight excluding hydrogens is 234 g/mol. The molecule has 0 amide bonds. The second-order valence-corrected chi connectivity index (χ2v) is 4.08. The van der Waals surface area contributed by atoms with Gasteiger partial charge in [-0.25, -0.2) is 13.8 Å². The van der Waals surface area contributed by atoms with Gasteiger partial charge < -0.3 is 4.57 Å². The van der Waals surface area contributed by atoms with E-state index >= 15 is 0 Å². The third kappa shape index (κ3) is 1.49. The number of fused-ring (bicyclic) bond motifs is 1. The molecule has 0 atom stereocenters. The fraction of sp³-hybridized carbons (Fsp3) is 0.0714. The minimum Gasteiger partial charge on any atom is -0.327 e. The van der Waals surface area contributed by atoms with E-state index in [1.807, 2.05) is 24.3 Å². The first-order valence-electron chi connectivity index (χ1n) is 5.54. The fourth-order valence-corrected chi connectivity index (χ4v) is 2.08. The van der Waals surface area contributed by atoms with Crippen molar-refractivity contribution in [2.45, 2.75) is 0 Å². The molecule has 0 unspecified atom stereocenters. The van der Waals surface area contributed by atoms with Crippen LogP contribution >= 0.6 is 0 Å². The summed E-state index contributed by atoms with van der Waals surface area (Å²) in [5.41, 5.74) is 1.48. The van der Waals surface area contributed by atoms with Gasteiger partial charge in [0.05, 0.1) is 16.6 Å². The third-order valence-corrected chi connectivity index (χ3v) is 2.97. The van der Waals surface area contributed by atoms with Crippen LogP contribution in [0.4, 0.5) is 8.78 Å². The van der Waals surface area contributed by atoms with Gasteiger partial charge in [0.2, 0.25) is 0 Å². The SMILES string of the molecule is Cn1c(-c2c(F)cccc2F)nc2ccccc21. The van der Waals surface area contributed by atoms with E-state index in [4.69, 9.17) is 0 Å². The lowest BCUT2D eigenvalue weighted by molar-refractivity contribution is 0.586. The van der Waals surface area contributed by atoms with Crippen molar-refractivity contribution >= 4 is 11.0 Å². The molecular formula is C14H10F2N2. The van der Waals surface area contributed by atoms with E-state index in [1.54, 1.807) is 11.6 Å². The number of imidazole rings is 1. The standard InChI is InChI=1S/C14H10F2N2/c1-18-12-8-3-2-7-11(12)17-14(18)13-9(15)5-4-6-10(13)16/h2-8H,1H3. The van der Waals surface area contributed by atoms with Gasteiger partial charge in [0, 0.05) is 7.05 Å². The lowest BCUT2D eigenvalue weighted by Crippen LogP contribution is -1.97. The number of nitrogens with zero attached hydrogens (tertiary/aromatic N) is 2. The Morgan fingerprint density at radius 2 is 1.61 bits per heavy atom. The smallest absolute Gasteiger partial charge is 0.146 e. The van der Waals surface area contributed by atoms with Gasteiger partial charge in [0.15, 0.2) is 0 Å². The molecule has 0 spiro atoms. The molecule has 0 radical (unpaired) electrons. The van der Waals surface area contributed by atoms with Crippen molar-refractivity contribution in [3.05, 3.63) is 54.1 Å². The Morgan fingerprint density at radius 1 is 0.944 bits per heavy atom. The van der Waals surface area contributed by atoms with E-state index in [9.17, 15) is 8.78 Å². The molecule has 0 aliphatic heterocycles. The minimum atomic E-state index is -0.603. The highest BCUT2D eigenvalue weighted by Crippen LogP contribution is 2.27. The summed E-state index contributed by atoms with van der Waals surface area (Å²) >= 11 is 0. The van der Waals surface area contributed by atoms with Crippen molar-refractivity contribution in [3.8, 4) is 11.4 Å². The lowest BCUT2D eigenvalue weighted by atomic mass is 10.2. The molecule has 18 heavy (non-hydrogen) atoms. The van der Waals surface area contributed by atoms with E-state index in [1.165, 1.54) is 18.2 Å². The van der Waals surface area contributed by atoms with E-state index in [0.717, 1.165) is 11.0 Å². The lowest BCUT2D eigenvalue weighted by Gasteiger charge is -2.04. The van der Waals surface area contributed by atoms with Gasteiger partial charge in [0.1, 0.15) is 17.5 Å². The van der Waals surface area contributed by atoms with Gasteiger partial charge >= 0.3 is 0 Å². The zero-order chi connectivity index (χ0) is 12.7. The van der Waals surface area contributed by atoms with Crippen LogP contribution in [0.2, 0.25) is 0 Å². The first kappa shape index (κ1) is 10.9. The average molecular weight is 244 g/mol. The highest BCUT2D eigenvalue weighted by atomic mass is 19.1. The molecule has 2 aromatic carbocycles. The van der Waals surface area contributed by atoms with Crippen molar-refractivity contribution in [2.75, 3.05) is 0 Å². The van der Waals surface area contributed by atoms with Gasteiger partial charge in [-0.2, -0.15) is 0 Å². The Bertz CT molecular complexity index is 711. The van der Waals surface area contributed by atoms with Crippen LogP contribution < -0.4 is 0 Å². The molecule has 0 N–H and O–H groups in total. The van der Waals surface area contributed by atoms with Crippen LogP contribution in [0.15, 0.2) is 42.5 Å². The Balaban J connectivity index is 2.36. The van der Waals surface area contributed by atoms with Crippen molar-refractivity contribution in [2.24, 2.45) is 7.05 Å². The van der Waals surface area contributed by atoms with Crippen molar-refractivity contribution in [1.82, 2.24) is 9.55 Å². The van der Waals surface area contributed by atoms with Gasteiger partial charge in [-0.05, 0) is 24.3 Å². The minimum absolute atomic E-state index is 0.0869. The molecule has 1 heterocycles. The summed E-state index contributed by atoms with van der Waals surface area (Å²) in [6.07, 6.45) is 0. The van der Waals surface area contributed by atoms with Crippen LogP contribution in [0.25, 0.3) is 22.4 Å². The number of halogens is 2. The topological polar surface area (TPSA) is 17.8 Å². The van der Waals surface area contributed by atoms with Crippen LogP contribution in [0.1, 0.15) is 0 Å². The van der Waals surface area contributed by atoms with Crippen LogP contribution in [-0.4, -0.2) is 9.55 Å². The average Bonchev–Trinajstić information content (AvgIpc) is 2.68. The second kappa shape index (κ2) is 3.91. The third-order valence-electron chi connectivity index (χ3n) is 2.97. The summed E-state index contributed by atoms with van der Waals surface area (Å²) in [6, 6.07) is 11.2. The van der Waals surface area contributed by atoms with Crippen LogP contribution in [0.5, 0.6) is 0 Å². The predicted octanol–water partition coefficient (Wildman–Crippen LogP) is 3.52. The molecule has 0 aliphatic carbocycles. The maximum atomic E-state index is 13.8. The summed E-state index contributed by atoms with van der Waals surface area (Å²) in [6.45, 7) is 0. The first-order valence-corrected chi connectivity index (χ1v) is 5.54. The normalized spacial score (nSPS) is 11.1. The monoisotopic (exact) mass is 244 g/mol. The number of hydrogen-bond donors (Lipinski definition) is 0. The summed E-state index contributed by atoms with van der Waals surface area (Å²) in [5.74, 6) is -0.909. The molecule has 1 aromatic heterocycles. The number of hydrogen-bond acceptors (Lipinski definition) is 1. The van der Waals surface area contributed by atoms with Gasteiger partial charge in [-0.3, -0.25) is 0 Å². The maximum absolute atomic E-state index is 13.8. The van der Waals surface area contributed by atoms with E-state index in [-0.39, 0.29) is 5.56 Å². The van der Waals surface area contributed by atoms with Crippen LogP contribution in [0.3, 0.4) is 0 Å². The predicted molar refractivity (Wildman–Crippen MR) is 66.1 cm³/mol. The molecule has 0 bridgehead atoms. The van der Waals surface area contributed by atoms with Crippen molar-refractivity contribution < 1.29 is 8.78 Å². The molecule has 0 saturated carbocycles. The summed E-state index contributed by atoms with van der Waals surface area (Å²) in [4.78, 5) is 4.29. The van der Waals surface area contributed by atoms with E-state index in [2.05, 4.69) is 4.98 Å². The van der Waals surface area contributed by atoms with E-state index < -0.39 is 11.6 Å². The number of aromatic nitrogens is 2. The summed E-state index contributed by atoms with van der Waals surface area (Å²) in [7, 11) is 1.75. The van der Waals surface area contributed by atoms with Crippen LogP contribution in [0, 0.1) is 11.6 Å². The molecule has 3 aromatic rings. The summed E-state index contributed by atoms with van der Waals surface area (Å²) < 4.78 is 29.2. The highest BCUT2D eigenvalue weighted by Gasteiger charge is 2.17. The Labute approximate surface area is 103 Å². The highest BCUT2D eigenvalue weighted by molar-refractivity contribution is 5.80. The molecule has 0 fully saturated rings. The largest absolute Gasteiger partial charge is 0.327 e. The Hall–Kier alpha value is -2.23. The molecule has 0 saturated heterocycles. The molecule has 3 rings (SSSR count). The van der Waals surface area contributed by atoms with Crippen molar-refractivity contribution in [3.63, 3.8) is 0 Å². The molecule has 0 aliphatic rings.